The fourth-order valence-electron chi connectivity index (χ4n) is 3.38. The molecule has 0 aliphatic carbocycles. The molecule has 1 N–H and O–H groups in total. The molecule has 0 saturated carbocycles. The molecule has 2 heterocycles. The second kappa shape index (κ2) is 7.96. The van der Waals surface area contributed by atoms with E-state index in [4.69, 9.17) is 9.47 Å². The first-order valence-electron chi connectivity index (χ1n) is 9.23. The van der Waals surface area contributed by atoms with Gasteiger partial charge in [0.1, 0.15) is 25.2 Å². The van der Waals surface area contributed by atoms with Crippen molar-refractivity contribution >= 4 is 5.70 Å². The lowest BCUT2D eigenvalue weighted by atomic mass is 9.87. The van der Waals surface area contributed by atoms with Crippen molar-refractivity contribution in [2.75, 3.05) is 20.0 Å². The lowest BCUT2D eigenvalue weighted by Crippen LogP contribution is -2.37. The second-order valence-corrected chi connectivity index (χ2v) is 7.25. The fourth-order valence-corrected chi connectivity index (χ4v) is 3.38. The zero-order valence-corrected chi connectivity index (χ0v) is 15.8. The van der Waals surface area contributed by atoms with Gasteiger partial charge in [0.2, 0.25) is 0 Å². The molecule has 1 aliphatic heterocycles. The molecule has 4 rings (SSSR count). The van der Waals surface area contributed by atoms with Gasteiger partial charge in [-0.1, -0.05) is 54.6 Å². The van der Waals surface area contributed by atoms with Crippen LogP contribution in [0.4, 0.5) is 0 Å². The highest BCUT2D eigenvalue weighted by Gasteiger charge is 2.36. The largest absolute Gasteiger partial charge is 0.510 e. The molecule has 6 heteroatoms. The smallest absolute Gasteiger partial charge is 0.146 e. The van der Waals surface area contributed by atoms with Crippen LogP contribution < -0.4 is 0 Å². The number of aromatic nitrogens is 3. The fraction of sp³-hybridized carbons (Fsp3) is 0.273. The molecule has 0 spiro atoms. The van der Waals surface area contributed by atoms with Gasteiger partial charge in [0.25, 0.3) is 0 Å². The summed E-state index contributed by atoms with van der Waals surface area (Å²) < 4.78 is 12.5. The molecule has 1 fully saturated rings. The minimum Gasteiger partial charge on any atom is -0.510 e. The van der Waals surface area contributed by atoms with E-state index < -0.39 is 5.41 Å². The summed E-state index contributed by atoms with van der Waals surface area (Å²) in [4.78, 5) is 4.03. The molecule has 2 aromatic carbocycles. The number of rotatable bonds is 5. The van der Waals surface area contributed by atoms with Gasteiger partial charge < -0.3 is 14.6 Å². The Morgan fingerprint density at radius 1 is 1.04 bits per heavy atom. The Kier molecular flexibility index (Phi) is 5.23. The molecule has 0 atom stereocenters. The van der Waals surface area contributed by atoms with Crippen molar-refractivity contribution in [3.63, 3.8) is 0 Å². The summed E-state index contributed by atoms with van der Waals surface area (Å²) in [7, 11) is 0. The second-order valence-electron chi connectivity index (χ2n) is 7.25. The predicted octanol–water partition coefficient (Wildman–Crippen LogP) is 3.93. The highest BCUT2D eigenvalue weighted by molar-refractivity contribution is 5.64. The van der Waals surface area contributed by atoms with Gasteiger partial charge in [-0.2, -0.15) is 5.10 Å². The summed E-state index contributed by atoms with van der Waals surface area (Å²) in [6, 6.07) is 18.6. The Morgan fingerprint density at radius 3 is 2.36 bits per heavy atom. The Labute approximate surface area is 164 Å². The van der Waals surface area contributed by atoms with E-state index in [1.54, 1.807) is 11.0 Å². The third-order valence-electron chi connectivity index (χ3n) is 4.98. The monoisotopic (exact) mass is 377 g/mol. The number of nitrogens with zero attached hydrogens (tertiary/aromatic N) is 3. The van der Waals surface area contributed by atoms with E-state index in [0.717, 1.165) is 11.1 Å². The summed E-state index contributed by atoms with van der Waals surface area (Å²) in [6.07, 6.45) is 3.57. The van der Waals surface area contributed by atoms with E-state index in [1.807, 2.05) is 25.1 Å². The maximum absolute atomic E-state index is 11.1. The summed E-state index contributed by atoms with van der Waals surface area (Å²) in [5.41, 5.74) is 3.44. The minimum absolute atomic E-state index is 0.213. The van der Waals surface area contributed by atoms with Crippen molar-refractivity contribution in [2.45, 2.75) is 13.3 Å². The third kappa shape index (κ3) is 3.83. The predicted molar refractivity (Wildman–Crippen MR) is 106 cm³/mol. The number of allylic oxidation sites excluding steroid dienone is 1. The standard InChI is InChI=1S/C22H23N3O3/c1-22(12-27-16-28-13-22)21(26)20(25-15-23-14-24-25)11-17-7-9-19(10-8-17)18-5-3-2-4-6-18/h2-10,14-15,26H,11-13,16H2,1H3/b21-20+. The van der Waals surface area contributed by atoms with Crippen molar-refractivity contribution in [3.05, 3.63) is 78.6 Å². The molecule has 28 heavy (non-hydrogen) atoms. The lowest BCUT2D eigenvalue weighted by molar-refractivity contribution is -0.155. The summed E-state index contributed by atoms with van der Waals surface area (Å²) in [5.74, 6) is 0.213. The molecule has 0 bridgehead atoms. The molecule has 0 unspecified atom stereocenters. The third-order valence-corrected chi connectivity index (χ3v) is 4.98. The number of aliphatic hydroxyl groups is 1. The van der Waals surface area contributed by atoms with Crippen LogP contribution in [0.3, 0.4) is 0 Å². The zero-order chi connectivity index (χ0) is 19.4. The number of hydrogen-bond donors (Lipinski definition) is 1. The van der Waals surface area contributed by atoms with E-state index in [-0.39, 0.29) is 12.6 Å². The van der Waals surface area contributed by atoms with Crippen LogP contribution in [-0.4, -0.2) is 39.9 Å². The zero-order valence-electron chi connectivity index (χ0n) is 15.8. The van der Waals surface area contributed by atoms with Crippen molar-refractivity contribution in [2.24, 2.45) is 5.41 Å². The minimum atomic E-state index is -0.622. The molecule has 144 valence electrons. The van der Waals surface area contributed by atoms with Gasteiger partial charge in [-0.05, 0) is 23.6 Å². The maximum Gasteiger partial charge on any atom is 0.146 e. The molecule has 1 saturated heterocycles. The maximum atomic E-state index is 11.1. The highest BCUT2D eigenvalue weighted by atomic mass is 16.7. The highest BCUT2D eigenvalue weighted by Crippen LogP contribution is 2.33. The molecular formula is C22H23N3O3. The Bertz CT molecular complexity index is 929. The molecule has 0 radical (unpaired) electrons. The van der Waals surface area contributed by atoms with E-state index in [2.05, 4.69) is 46.5 Å². The summed E-state index contributed by atoms with van der Waals surface area (Å²) in [5, 5.41) is 15.3. The number of benzene rings is 2. The van der Waals surface area contributed by atoms with E-state index in [9.17, 15) is 5.11 Å². The van der Waals surface area contributed by atoms with Gasteiger partial charge in [-0.15, -0.1) is 0 Å². The summed E-state index contributed by atoms with van der Waals surface area (Å²) >= 11 is 0. The summed E-state index contributed by atoms with van der Waals surface area (Å²) in [6.45, 7) is 2.97. The van der Waals surface area contributed by atoms with E-state index >= 15 is 0 Å². The molecule has 3 aromatic rings. The van der Waals surface area contributed by atoms with Crippen LogP contribution in [0.1, 0.15) is 12.5 Å². The van der Waals surface area contributed by atoms with Crippen molar-refractivity contribution in [1.29, 1.82) is 0 Å². The van der Waals surface area contributed by atoms with Crippen LogP contribution in [0.25, 0.3) is 16.8 Å². The first-order valence-corrected chi connectivity index (χ1v) is 9.23. The molecule has 1 aromatic heterocycles. The van der Waals surface area contributed by atoms with Crippen LogP contribution in [0.5, 0.6) is 0 Å². The normalized spacial score (nSPS) is 17.2. The Morgan fingerprint density at radius 2 is 1.71 bits per heavy atom. The SMILES string of the molecule is CC1(/C(O)=C(/Cc2ccc(-c3ccccc3)cc2)n2cncn2)COCOC1. The van der Waals surface area contributed by atoms with Crippen LogP contribution in [0.15, 0.2) is 73.0 Å². The topological polar surface area (TPSA) is 69.4 Å². The number of ether oxygens (including phenoxy) is 2. The van der Waals surface area contributed by atoms with Gasteiger partial charge in [-0.25, -0.2) is 9.67 Å². The first-order chi connectivity index (χ1) is 13.7. The molecular weight excluding hydrogens is 354 g/mol. The Hall–Kier alpha value is -2.96. The number of hydrogen-bond acceptors (Lipinski definition) is 5. The average molecular weight is 377 g/mol. The molecule has 0 amide bonds. The average Bonchev–Trinajstić information content (AvgIpc) is 3.28. The van der Waals surface area contributed by atoms with Crippen LogP contribution in [0.2, 0.25) is 0 Å². The van der Waals surface area contributed by atoms with Gasteiger partial charge in [0, 0.05) is 6.42 Å². The van der Waals surface area contributed by atoms with Crippen molar-refractivity contribution in [3.8, 4) is 11.1 Å². The number of aliphatic hydroxyl groups excluding tert-OH is 1. The van der Waals surface area contributed by atoms with Gasteiger partial charge >= 0.3 is 0 Å². The first kappa shape index (κ1) is 18.4. The quantitative estimate of drug-likeness (QED) is 0.683. The van der Waals surface area contributed by atoms with Gasteiger partial charge in [-0.3, -0.25) is 0 Å². The molecule has 1 aliphatic rings. The van der Waals surface area contributed by atoms with Crippen LogP contribution >= 0.6 is 0 Å². The van der Waals surface area contributed by atoms with Crippen molar-refractivity contribution < 1.29 is 14.6 Å². The van der Waals surface area contributed by atoms with Crippen LogP contribution in [0, 0.1) is 5.41 Å². The lowest BCUT2D eigenvalue weighted by Gasteiger charge is -2.33. The van der Waals surface area contributed by atoms with E-state index in [0.29, 0.717) is 25.3 Å². The van der Waals surface area contributed by atoms with E-state index in [1.165, 1.54) is 11.9 Å². The van der Waals surface area contributed by atoms with Crippen molar-refractivity contribution in [1.82, 2.24) is 14.8 Å². The van der Waals surface area contributed by atoms with Crippen LogP contribution in [-0.2, 0) is 15.9 Å². The Balaban J connectivity index is 1.64. The van der Waals surface area contributed by atoms with Gasteiger partial charge in [0.15, 0.2) is 0 Å². The van der Waals surface area contributed by atoms with Gasteiger partial charge in [0.05, 0.1) is 24.3 Å². The molecule has 6 nitrogen and oxygen atoms in total.